The van der Waals surface area contributed by atoms with Gasteiger partial charge < -0.3 is 5.32 Å². The first-order valence-corrected chi connectivity index (χ1v) is 5.96. The molecule has 96 valence electrons. The maximum Gasteiger partial charge on any atom is 0.163 e. The molecule has 2 aromatic rings. The fourth-order valence-corrected chi connectivity index (χ4v) is 1.97. The molecule has 0 radical (unpaired) electrons. The second-order valence-corrected chi connectivity index (χ2v) is 4.41. The third-order valence-corrected chi connectivity index (χ3v) is 2.89. The largest absolute Gasteiger partial charge is 0.379 e. The average molecular weight is 255 g/mol. The number of nitrogens with one attached hydrogen (secondary N) is 1. The van der Waals surface area contributed by atoms with Crippen LogP contribution in [0.25, 0.3) is 0 Å². The second-order valence-electron chi connectivity index (χ2n) is 4.41. The van der Waals surface area contributed by atoms with E-state index < -0.39 is 0 Å². The zero-order valence-corrected chi connectivity index (χ0v) is 10.9. The quantitative estimate of drug-likeness (QED) is 0.915. The Labute approximate surface area is 111 Å². The number of anilines is 1. The molecule has 0 unspecified atom stereocenters. The van der Waals surface area contributed by atoms with Gasteiger partial charge in [-0.3, -0.25) is 0 Å². The van der Waals surface area contributed by atoms with E-state index in [-0.39, 0.29) is 5.82 Å². The molecule has 0 aliphatic heterocycles. The Morgan fingerprint density at radius 2 is 2.00 bits per heavy atom. The highest BCUT2D eigenvalue weighted by molar-refractivity contribution is 5.53. The topological polar surface area (TPSA) is 48.7 Å². The zero-order valence-electron chi connectivity index (χ0n) is 10.9. The SMILES string of the molecule is Cc1cc(CNc2cccnc2C#N)cc(C)c1F. The summed E-state index contributed by atoms with van der Waals surface area (Å²) in [4.78, 5) is 3.98. The fourth-order valence-electron chi connectivity index (χ4n) is 1.97. The van der Waals surface area contributed by atoms with Crippen molar-refractivity contribution in [1.29, 1.82) is 5.26 Å². The van der Waals surface area contributed by atoms with Crippen molar-refractivity contribution in [3.63, 3.8) is 0 Å². The molecule has 1 heterocycles. The molecule has 0 spiro atoms. The molecule has 1 aromatic heterocycles. The molecule has 0 atom stereocenters. The van der Waals surface area contributed by atoms with Gasteiger partial charge in [0.1, 0.15) is 11.9 Å². The number of benzene rings is 1. The van der Waals surface area contributed by atoms with Crippen molar-refractivity contribution in [2.45, 2.75) is 20.4 Å². The summed E-state index contributed by atoms with van der Waals surface area (Å²) in [6.07, 6.45) is 1.58. The van der Waals surface area contributed by atoms with Crippen molar-refractivity contribution < 1.29 is 4.39 Å². The summed E-state index contributed by atoms with van der Waals surface area (Å²) < 4.78 is 13.5. The standard InChI is InChI=1S/C15H14FN3/c1-10-6-12(7-11(2)15(10)16)9-19-13-4-3-5-18-14(13)8-17/h3-7,19H,9H2,1-2H3. The molecule has 0 saturated carbocycles. The van der Waals surface area contributed by atoms with E-state index in [1.54, 1.807) is 44.3 Å². The van der Waals surface area contributed by atoms with Crippen LogP contribution in [0.4, 0.5) is 10.1 Å². The van der Waals surface area contributed by atoms with Crippen molar-refractivity contribution in [2.24, 2.45) is 0 Å². The van der Waals surface area contributed by atoms with E-state index in [0.29, 0.717) is 29.1 Å². The normalized spacial score (nSPS) is 10.0. The third-order valence-electron chi connectivity index (χ3n) is 2.89. The second kappa shape index (κ2) is 5.49. The van der Waals surface area contributed by atoms with Crippen LogP contribution in [0.3, 0.4) is 0 Å². The highest BCUT2D eigenvalue weighted by Gasteiger charge is 2.05. The maximum absolute atomic E-state index is 13.5. The minimum Gasteiger partial charge on any atom is -0.379 e. The van der Waals surface area contributed by atoms with Crippen LogP contribution in [0.15, 0.2) is 30.5 Å². The Kier molecular flexibility index (Phi) is 3.76. The van der Waals surface area contributed by atoms with Gasteiger partial charge in [0.05, 0.1) is 5.69 Å². The first-order valence-electron chi connectivity index (χ1n) is 5.96. The van der Waals surface area contributed by atoms with E-state index in [2.05, 4.69) is 10.3 Å². The smallest absolute Gasteiger partial charge is 0.163 e. The number of nitriles is 1. The van der Waals surface area contributed by atoms with Crippen LogP contribution in [0.2, 0.25) is 0 Å². The predicted octanol–water partition coefficient (Wildman–Crippen LogP) is 3.32. The molecule has 1 N–H and O–H groups in total. The summed E-state index contributed by atoms with van der Waals surface area (Å²) >= 11 is 0. The van der Waals surface area contributed by atoms with Crippen molar-refractivity contribution in [2.75, 3.05) is 5.32 Å². The first kappa shape index (κ1) is 13.0. The van der Waals surface area contributed by atoms with Crippen LogP contribution in [0, 0.1) is 31.0 Å². The van der Waals surface area contributed by atoms with Gasteiger partial charge in [-0.2, -0.15) is 5.26 Å². The lowest BCUT2D eigenvalue weighted by molar-refractivity contribution is 0.608. The Hall–Kier alpha value is -2.41. The lowest BCUT2D eigenvalue weighted by Gasteiger charge is -2.10. The van der Waals surface area contributed by atoms with Gasteiger partial charge in [-0.1, -0.05) is 12.1 Å². The van der Waals surface area contributed by atoms with E-state index in [1.165, 1.54) is 0 Å². The van der Waals surface area contributed by atoms with Crippen LogP contribution in [0.5, 0.6) is 0 Å². The third kappa shape index (κ3) is 2.89. The van der Waals surface area contributed by atoms with Crippen molar-refractivity contribution in [3.8, 4) is 6.07 Å². The van der Waals surface area contributed by atoms with Crippen LogP contribution in [-0.2, 0) is 6.54 Å². The van der Waals surface area contributed by atoms with Gasteiger partial charge >= 0.3 is 0 Å². The van der Waals surface area contributed by atoms with Crippen LogP contribution in [-0.4, -0.2) is 4.98 Å². The van der Waals surface area contributed by atoms with Gasteiger partial charge in [0.2, 0.25) is 0 Å². The molecule has 0 aliphatic rings. The number of rotatable bonds is 3. The number of pyridine rings is 1. The summed E-state index contributed by atoms with van der Waals surface area (Å²) in [5.41, 5.74) is 3.28. The Morgan fingerprint density at radius 3 is 2.63 bits per heavy atom. The minimum atomic E-state index is -0.164. The molecule has 0 saturated heterocycles. The minimum absolute atomic E-state index is 0.164. The van der Waals surface area contributed by atoms with Gasteiger partial charge in [0, 0.05) is 12.7 Å². The molecule has 19 heavy (non-hydrogen) atoms. The van der Waals surface area contributed by atoms with Gasteiger partial charge in [-0.15, -0.1) is 0 Å². The lowest BCUT2D eigenvalue weighted by atomic mass is 10.1. The molecular weight excluding hydrogens is 241 g/mol. The lowest BCUT2D eigenvalue weighted by Crippen LogP contribution is -2.03. The molecule has 3 nitrogen and oxygen atoms in total. The Bertz CT molecular complexity index is 621. The number of hydrogen-bond donors (Lipinski definition) is 1. The number of aromatic nitrogens is 1. The number of aryl methyl sites for hydroxylation is 2. The van der Waals surface area contributed by atoms with Crippen LogP contribution < -0.4 is 5.32 Å². The first-order chi connectivity index (χ1) is 9.11. The molecule has 0 amide bonds. The highest BCUT2D eigenvalue weighted by atomic mass is 19.1. The summed E-state index contributed by atoms with van der Waals surface area (Å²) in [7, 11) is 0. The summed E-state index contributed by atoms with van der Waals surface area (Å²) in [5.74, 6) is -0.164. The molecule has 2 rings (SSSR count). The summed E-state index contributed by atoms with van der Waals surface area (Å²) in [6.45, 7) is 4.02. The fraction of sp³-hybridized carbons (Fsp3) is 0.200. The number of halogens is 1. The van der Waals surface area contributed by atoms with E-state index >= 15 is 0 Å². The zero-order chi connectivity index (χ0) is 13.8. The van der Waals surface area contributed by atoms with E-state index in [4.69, 9.17) is 5.26 Å². The van der Waals surface area contributed by atoms with Gasteiger partial charge in [-0.25, -0.2) is 9.37 Å². The van der Waals surface area contributed by atoms with Crippen molar-refractivity contribution in [1.82, 2.24) is 4.98 Å². The molecule has 0 aliphatic carbocycles. The highest BCUT2D eigenvalue weighted by Crippen LogP contribution is 2.17. The summed E-state index contributed by atoms with van der Waals surface area (Å²) in [5, 5.41) is 12.1. The van der Waals surface area contributed by atoms with Crippen molar-refractivity contribution >= 4 is 5.69 Å². The van der Waals surface area contributed by atoms with E-state index in [9.17, 15) is 4.39 Å². The van der Waals surface area contributed by atoms with E-state index in [0.717, 1.165) is 5.56 Å². The number of nitrogens with zero attached hydrogens (tertiary/aromatic N) is 2. The van der Waals surface area contributed by atoms with Gasteiger partial charge in [0.25, 0.3) is 0 Å². The number of hydrogen-bond acceptors (Lipinski definition) is 3. The molecular formula is C15H14FN3. The Morgan fingerprint density at radius 1 is 1.32 bits per heavy atom. The molecule has 0 fully saturated rings. The van der Waals surface area contributed by atoms with Crippen LogP contribution >= 0.6 is 0 Å². The van der Waals surface area contributed by atoms with Gasteiger partial charge in [-0.05, 0) is 42.7 Å². The molecule has 4 heteroatoms. The van der Waals surface area contributed by atoms with Gasteiger partial charge in [0.15, 0.2) is 5.69 Å². The predicted molar refractivity (Wildman–Crippen MR) is 72.2 cm³/mol. The Balaban J connectivity index is 2.17. The maximum atomic E-state index is 13.5. The van der Waals surface area contributed by atoms with Crippen LogP contribution in [0.1, 0.15) is 22.4 Å². The van der Waals surface area contributed by atoms with E-state index in [1.807, 2.05) is 6.07 Å². The summed E-state index contributed by atoms with van der Waals surface area (Å²) in [6, 6.07) is 9.21. The average Bonchev–Trinajstić information content (AvgIpc) is 2.42. The molecule has 0 bridgehead atoms. The molecule has 1 aromatic carbocycles. The van der Waals surface area contributed by atoms with Crippen molar-refractivity contribution in [3.05, 3.63) is 58.7 Å². The monoisotopic (exact) mass is 255 g/mol.